The molecule has 0 aromatic heterocycles. The van der Waals surface area contributed by atoms with E-state index in [9.17, 15) is 9.59 Å². The largest absolute Gasteiger partial charge is 0.352 e. The molecular weight excluding hydrogens is 264 g/mol. The first-order chi connectivity index (χ1) is 9.98. The maximum Gasteiger partial charge on any atom is 0.242 e. The Bertz CT molecular complexity index is 564. The minimum atomic E-state index is -1.09. The van der Waals surface area contributed by atoms with Gasteiger partial charge < -0.3 is 10.2 Å². The Balaban J connectivity index is 2.24. The van der Waals surface area contributed by atoms with E-state index in [4.69, 9.17) is 0 Å². The summed E-state index contributed by atoms with van der Waals surface area (Å²) < 4.78 is 0. The van der Waals surface area contributed by atoms with Crippen molar-refractivity contribution in [3.63, 3.8) is 0 Å². The van der Waals surface area contributed by atoms with Crippen molar-refractivity contribution in [3.8, 4) is 0 Å². The van der Waals surface area contributed by atoms with Crippen LogP contribution >= 0.6 is 0 Å². The summed E-state index contributed by atoms with van der Waals surface area (Å²) in [4.78, 5) is 26.8. The van der Waals surface area contributed by atoms with E-state index in [0.717, 1.165) is 18.5 Å². The third kappa shape index (κ3) is 2.99. The van der Waals surface area contributed by atoms with E-state index in [-0.39, 0.29) is 11.8 Å². The Hall–Kier alpha value is -2.10. The van der Waals surface area contributed by atoms with Gasteiger partial charge >= 0.3 is 0 Å². The number of carbonyl (C=O) groups excluding carboxylic acids is 2. The lowest BCUT2D eigenvalue weighted by atomic mass is 9.88. The summed E-state index contributed by atoms with van der Waals surface area (Å²) in [5.74, 6) is -0.424. The number of anilines is 1. The first-order valence-electron chi connectivity index (χ1n) is 7.27. The predicted molar refractivity (Wildman–Crippen MR) is 84.1 cm³/mol. The Labute approximate surface area is 125 Å². The number of amides is 2. The standard InChI is InChI=1S/C17H22N2O2/c1-4-11-18-15(20)17(2,3)16(21)19-12-7-9-13-8-5-6-10-14(13)19/h4-6,8,10H,1,7,9,11-12H2,2-3H3,(H,18,20). The molecule has 0 aliphatic carbocycles. The number of aryl methyl sites for hydroxylation is 1. The Morgan fingerprint density at radius 1 is 1.38 bits per heavy atom. The molecule has 2 amide bonds. The Kier molecular flexibility index (Phi) is 4.46. The highest BCUT2D eigenvalue weighted by Crippen LogP contribution is 2.31. The predicted octanol–water partition coefficient (Wildman–Crippen LogP) is 2.29. The molecule has 0 radical (unpaired) electrons. The van der Waals surface area contributed by atoms with Gasteiger partial charge in [-0.05, 0) is 38.3 Å². The quantitative estimate of drug-likeness (QED) is 0.682. The van der Waals surface area contributed by atoms with Gasteiger partial charge in [-0.15, -0.1) is 6.58 Å². The highest BCUT2D eigenvalue weighted by Gasteiger charge is 2.40. The molecule has 1 aliphatic heterocycles. The van der Waals surface area contributed by atoms with Crippen molar-refractivity contribution in [1.29, 1.82) is 0 Å². The number of nitrogens with zero attached hydrogens (tertiary/aromatic N) is 1. The number of fused-ring (bicyclic) bond motifs is 1. The molecule has 1 N–H and O–H groups in total. The van der Waals surface area contributed by atoms with E-state index in [1.54, 1.807) is 24.8 Å². The van der Waals surface area contributed by atoms with Crippen LogP contribution < -0.4 is 10.2 Å². The summed E-state index contributed by atoms with van der Waals surface area (Å²) in [7, 11) is 0. The van der Waals surface area contributed by atoms with Crippen molar-refractivity contribution in [1.82, 2.24) is 5.32 Å². The average molecular weight is 286 g/mol. The van der Waals surface area contributed by atoms with Crippen LogP contribution in [0.2, 0.25) is 0 Å². The molecule has 0 spiro atoms. The molecule has 0 atom stereocenters. The lowest BCUT2D eigenvalue weighted by Crippen LogP contribution is -2.51. The molecule has 0 unspecified atom stereocenters. The van der Waals surface area contributed by atoms with E-state index in [1.807, 2.05) is 24.3 Å². The van der Waals surface area contributed by atoms with Crippen LogP contribution in [0.25, 0.3) is 0 Å². The minimum absolute atomic E-state index is 0.156. The Morgan fingerprint density at radius 2 is 2.10 bits per heavy atom. The molecule has 0 saturated carbocycles. The summed E-state index contributed by atoms with van der Waals surface area (Å²) in [5, 5.41) is 2.71. The monoisotopic (exact) mass is 286 g/mol. The highest BCUT2D eigenvalue weighted by molar-refractivity contribution is 6.11. The van der Waals surface area contributed by atoms with Crippen molar-refractivity contribution in [3.05, 3.63) is 42.5 Å². The van der Waals surface area contributed by atoms with Crippen LogP contribution in [-0.2, 0) is 16.0 Å². The SMILES string of the molecule is C=CCNC(=O)C(C)(C)C(=O)N1CCCc2ccccc21. The summed E-state index contributed by atoms with van der Waals surface area (Å²) in [6.45, 7) is 7.94. The maximum absolute atomic E-state index is 12.8. The lowest BCUT2D eigenvalue weighted by Gasteiger charge is -2.34. The van der Waals surface area contributed by atoms with Gasteiger partial charge in [-0.3, -0.25) is 9.59 Å². The zero-order chi connectivity index (χ0) is 15.5. The summed E-state index contributed by atoms with van der Waals surface area (Å²) >= 11 is 0. The van der Waals surface area contributed by atoms with Gasteiger partial charge in [0.1, 0.15) is 5.41 Å². The summed E-state index contributed by atoms with van der Waals surface area (Å²) in [6.07, 6.45) is 3.50. The molecule has 0 fully saturated rings. The lowest BCUT2D eigenvalue weighted by molar-refractivity contribution is -0.139. The molecule has 21 heavy (non-hydrogen) atoms. The molecule has 112 valence electrons. The zero-order valence-corrected chi connectivity index (χ0v) is 12.7. The third-order valence-electron chi connectivity index (χ3n) is 3.86. The van der Waals surface area contributed by atoms with Crippen molar-refractivity contribution in [2.45, 2.75) is 26.7 Å². The van der Waals surface area contributed by atoms with Crippen LogP contribution in [-0.4, -0.2) is 24.9 Å². The summed E-state index contributed by atoms with van der Waals surface area (Å²) in [6, 6.07) is 7.90. The number of benzene rings is 1. The molecule has 0 bridgehead atoms. The van der Waals surface area contributed by atoms with Gasteiger partial charge in [0.05, 0.1) is 0 Å². The van der Waals surface area contributed by atoms with E-state index in [2.05, 4.69) is 11.9 Å². The van der Waals surface area contributed by atoms with Crippen molar-refractivity contribution >= 4 is 17.5 Å². The second kappa shape index (κ2) is 6.12. The Morgan fingerprint density at radius 3 is 2.81 bits per heavy atom. The zero-order valence-electron chi connectivity index (χ0n) is 12.7. The number of nitrogens with one attached hydrogen (secondary N) is 1. The van der Waals surface area contributed by atoms with Gasteiger partial charge in [0.25, 0.3) is 0 Å². The molecule has 1 aromatic carbocycles. The van der Waals surface area contributed by atoms with Crippen LogP contribution in [0.5, 0.6) is 0 Å². The van der Waals surface area contributed by atoms with Crippen LogP contribution in [0.3, 0.4) is 0 Å². The molecular formula is C17H22N2O2. The van der Waals surface area contributed by atoms with Crippen LogP contribution in [0.1, 0.15) is 25.8 Å². The van der Waals surface area contributed by atoms with Gasteiger partial charge in [-0.1, -0.05) is 24.3 Å². The molecule has 1 aliphatic rings. The average Bonchev–Trinajstić information content (AvgIpc) is 2.51. The second-order valence-corrected chi connectivity index (χ2v) is 5.81. The fraction of sp³-hybridized carbons (Fsp3) is 0.412. The fourth-order valence-corrected chi connectivity index (χ4v) is 2.56. The van der Waals surface area contributed by atoms with E-state index in [0.29, 0.717) is 13.1 Å². The number of carbonyl (C=O) groups is 2. The minimum Gasteiger partial charge on any atom is -0.352 e. The topological polar surface area (TPSA) is 49.4 Å². The van der Waals surface area contributed by atoms with Gasteiger partial charge in [-0.25, -0.2) is 0 Å². The van der Waals surface area contributed by atoms with Gasteiger partial charge in [0, 0.05) is 18.8 Å². The molecule has 0 saturated heterocycles. The van der Waals surface area contributed by atoms with Gasteiger partial charge in [0.15, 0.2) is 0 Å². The molecule has 1 heterocycles. The fourth-order valence-electron chi connectivity index (χ4n) is 2.56. The molecule has 4 nitrogen and oxygen atoms in total. The number of hydrogen-bond acceptors (Lipinski definition) is 2. The number of hydrogen-bond donors (Lipinski definition) is 1. The van der Waals surface area contributed by atoms with Crippen molar-refractivity contribution in [2.24, 2.45) is 5.41 Å². The third-order valence-corrected chi connectivity index (χ3v) is 3.86. The van der Waals surface area contributed by atoms with Crippen molar-refractivity contribution < 1.29 is 9.59 Å². The van der Waals surface area contributed by atoms with Crippen LogP contribution in [0, 0.1) is 5.41 Å². The normalized spacial score (nSPS) is 14.3. The highest BCUT2D eigenvalue weighted by atomic mass is 16.2. The van der Waals surface area contributed by atoms with Crippen LogP contribution in [0.4, 0.5) is 5.69 Å². The van der Waals surface area contributed by atoms with Crippen molar-refractivity contribution in [2.75, 3.05) is 18.0 Å². The van der Waals surface area contributed by atoms with E-state index >= 15 is 0 Å². The smallest absolute Gasteiger partial charge is 0.242 e. The molecule has 4 heteroatoms. The first kappa shape index (κ1) is 15.3. The van der Waals surface area contributed by atoms with E-state index < -0.39 is 5.41 Å². The molecule has 1 aromatic rings. The van der Waals surface area contributed by atoms with Crippen LogP contribution in [0.15, 0.2) is 36.9 Å². The second-order valence-electron chi connectivity index (χ2n) is 5.81. The maximum atomic E-state index is 12.8. The first-order valence-corrected chi connectivity index (χ1v) is 7.27. The van der Waals surface area contributed by atoms with Gasteiger partial charge in [-0.2, -0.15) is 0 Å². The summed E-state index contributed by atoms with van der Waals surface area (Å²) in [5.41, 5.74) is 1.01. The number of rotatable bonds is 4. The van der Waals surface area contributed by atoms with Gasteiger partial charge in [0.2, 0.25) is 11.8 Å². The number of para-hydroxylation sites is 1. The van der Waals surface area contributed by atoms with E-state index in [1.165, 1.54) is 5.56 Å². The molecule has 2 rings (SSSR count).